The van der Waals surface area contributed by atoms with E-state index in [0.717, 1.165) is 11.6 Å². The van der Waals surface area contributed by atoms with Crippen molar-refractivity contribution in [1.82, 2.24) is 34.3 Å². The fourth-order valence-electron chi connectivity index (χ4n) is 2.74. The van der Waals surface area contributed by atoms with Gasteiger partial charge in [0.25, 0.3) is 0 Å². The summed E-state index contributed by atoms with van der Waals surface area (Å²) in [6.45, 7) is 4.51. The summed E-state index contributed by atoms with van der Waals surface area (Å²) in [5.74, 6) is 1.90. The number of aryl methyl sites for hydroxylation is 1. The lowest BCUT2D eigenvalue weighted by molar-refractivity contribution is -0.136. The van der Waals surface area contributed by atoms with E-state index in [1.807, 2.05) is 47.4 Å². The number of aromatic nitrogens is 5. The molecule has 0 spiro atoms. The van der Waals surface area contributed by atoms with E-state index in [1.165, 1.54) is 0 Å². The topological polar surface area (TPSA) is 72.1 Å². The number of rotatable bonds is 4. The number of carbonyl (C=O) groups is 1. The second-order valence-corrected chi connectivity index (χ2v) is 5.73. The van der Waals surface area contributed by atoms with Crippen LogP contribution in [0.4, 0.5) is 0 Å². The highest BCUT2D eigenvalue weighted by atomic mass is 16.2. The van der Waals surface area contributed by atoms with Crippen molar-refractivity contribution < 1.29 is 4.79 Å². The minimum absolute atomic E-state index is 0.119. The van der Waals surface area contributed by atoms with E-state index >= 15 is 0 Å². The predicted molar refractivity (Wildman–Crippen MR) is 79.9 cm³/mol. The van der Waals surface area contributed by atoms with Crippen molar-refractivity contribution >= 4 is 5.91 Å². The molecule has 0 radical (unpaired) electrons. The molecule has 8 nitrogen and oxygen atoms in total. The summed E-state index contributed by atoms with van der Waals surface area (Å²) in [7, 11) is 3.80. The fraction of sp³-hybridized carbons (Fsp3) is 0.571. The van der Waals surface area contributed by atoms with E-state index in [-0.39, 0.29) is 11.9 Å². The van der Waals surface area contributed by atoms with Gasteiger partial charge in [-0.05, 0) is 20.0 Å². The smallest absolute Gasteiger partial charge is 0.241 e. The van der Waals surface area contributed by atoms with Gasteiger partial charge in [0.15, 0.2) is 0 Å². The second kappa shape index (κ2) is 5.88. The van der Waals surface area contributed by atoms with Crippen LogP contribution in [0, 0.1) is 6.92 Å². The average Bonchev–Trinajstić information content (AvgIpc) is 3.14. The third-order valence-corrected chi connectivity index (χ3v) is 4.18. The van der Waals surface area contributed by atoms with Gasteiger partial charge in [-0.15, -0.1) is 10.2 Å². The van der Waals surface area contributed by atoms with E-state index < -0.39 is 0 Å². The summed E-state index contributed by atoms with van der Waals surface area (Å²) in [5.41, 5.74) is 0. The Morgan fingerprint density at radius 2 is 2.27 bits per heavy atom. The summed E-state index contributed by atoms with van der Waals surface area (Å²) < 4.78 is 3.86. The van der Waals surface area contributed by atoms with E-state index in [4.69, 9.17) is 0 Å². The van der Waals surface area contributed by atoms with Gasteiger partial charge in [0.05, 0.1) is 19.6 Å². The van der Waals surface area contributed by atoms with E-state index in [1.54, 1.807) is 11.1 Å². The highest BCUT2D eigenvalue weighted by Gasteiger charge is 2.32. The lowest BCUT2D eigenvalue weighted by Gasteiger charge is -2.34. The summed E-state index contributed by atoms with van der Waals surface area (Å²) >= 11 is 0. The Morgan fingerprint density at radius 3 is 3.00 bits per heavy atom. The lowest BCUT2D eigenvalue weighted by atomic mass is 10.1. The van der Waals surface area contributed by atoms with Gasteiger partial charge in [-0.1, -0.05) is 0 Å². The van der Waals surface area contributed by atoms with E-state index in [9.17, 15) is 4.79 Å². The minimum Gasteiger partial charge on any atom is -0.342 e. The first-order chi connectivity index (χ1) is 10.6. The molecule has 0 aromatic carbocycles. The third-order valence-electron chi connectivity index (χ3n) is 4.18. The molecule has 118 valence electrons. The first-order valence-corrected chi connectivity index (χ1v) is 7.37. The first-order valence-electron chi connectivity index (χ1n) is 7.37. The second-order valence-electron chi connectivity index (χ2n) is 5.73. The summed E-state index contributed by atoms with van der Waals surface area (Å²) in [6.07, 6.45) is 3.64. The van der Waals surface area contributed by atoms with Crippen LogP contribution in [-0.4, -0.2) is 66.9 Å². The number of carbonyl (C=O) groups excluding carboxylic acids is 1. The number of fused-ring (bicyclic) bond motifs is 1. The fourth-order valence-corrected chi connectivity index (χ4v) is 2.74. The van der Waals surface area contributed by atoms with Gasteiger partial charge in [-0.25, -0.2) is 0 Å². The van der Waals surface area contributed by atoms with E-state index in [0.29, 0.717) is 26.2 Å². The maximum Gasteiger partial charge on any atom is 0.241 e. The number of hydrogen-bond acceptors (Lipinski definition) is 5. The monoisotopic (exact) mass is 303 g/mol. The molecule has 1 atom stereocenters. The van der Waals surface area contributed by atoms with Gasteiger partial charge < -0.3 is 9.47 Å². The lowest BCUT2D eigenvalue weighted by Crippen LogP contribution is -2.51. The largest absolute Gasteiger partial charge is 0.342 e. The Labute approximate surface area is 129 Å². The van der Waals surface area contributed by atoms with Crippen molar-refractivity contribution in [3.63, 3.8) is 0 Å². The van der Waals surface area contributed by atoms with Crippen LogP contribution in [0.15, 0.2) is 18.5 Å². The average molecular weight is 303 g/mol. The van der Waals surface area contributed by atoms with Crippen molar-refractivity contribution in [2.24, 2.45) is 0 Å². The van der Waals surface area contributed by atoms with Crippen LogP contribution in [0.5, 0.6) is 0 Å². The molecule has 8 heteroatoms. The molecule has 0 fully saturated rings. The van der Waals surface area contributed by atoms with Gasteiger partial charge in [0, 0.05) is 26.0 Å². The molecular weight excluding hydrogens is 282 g/mol. The Bertz CT molecular complexity index is 648. The molecule has 2 aromatic rings. The predicted octanol–water partition coefficient (Wildman–Crippen LogP) is -0.244. The van der Waals surface area contributed by atoms with Crippen molar-refractivity contribution in [3.05, 3.63) is 30.1 Å². The van der Waals surface area contributed by atoms with Crippen LogP contribution in [0.25, 0.3) is 0 Å². The van der Waals surface area contributed by atoms with Crippen LogP contribution in [0.3, 0.4) is 0 Å². The number of likely N-dealkylation sites (N-methyl/N-ethyl adjacent to an activating group) is 2. The number of nitrogens with zero attached hydrogens (tertiary/aromatic N) is 7. The van der Waals surface area contributed by atoms with Crippen molar-refractivity contribution in [1.29, 1.82) is 0 Å². The molecule has 0 N–H and O–H groups in total. The van der Waals surface area contributed by atoms with Gasteiger partial charge in [0.2, 0.25) is 5.91 Å². The first kappa shape index (κ1) is 14.7. The van der Waals surface area contributed by atoms with Gasteiger partial charge in [0.1, 0.15) is 17.7 Å². The zero-order chi connectivity index (χ0) is 15.7. The Kier molecular flexibility index (Phi) is 3.93. The third kappa shape index (κ3) is 2.74. The maximum absolute atomic E-state index is 12.7. The van der Waals surface area contributed by atoms with Gasteiger partial charge in [-0.3, -0.25) is 14.4 Å². The van der Waals surface area contributed by atoms with E-state index in [2.05, 4.69) is 15.3 Å². The molecular formula is C14H21N7O. The summed E-state index contributed by atoms with van der Waals surface area (Å²) in [4.78, 5) is 16.5. The van der Waals surface area contributed by atoms with Crippen molar-refractivity contribution in [2.45, 2.75) is 32.6 Å². The molecule has 0 saturated carbocycles. The standard InChI is InChI=1S/C14H21N7O/c1-11-16-17-13-10-19(3)12(9-21(11)13)14(22)18(2)7-8-20-6-4-5-15-20/h4-6,12H,7-10H2,1-3H3. The molecule has 1 amide bonds. The van der Waals surface area contributed by atoms with Crippen LogP contribution >= 0.6 is 0 Å². The molecule has 3 rings (SSSR count). The molecule has 1 aliphatic rings. The molecule has 3 heterocycles. The molecule has 2 aromatic heterocycles. The highest BCUT2D eigenvalue weighted by molar-refractivity contribution is 5.81. The van der Waals surface area contributed by atoms with Crippen molar-refractivity contribution in [3.8, 4) is 0 Å². The SMILES string of the molecule is Cc1nnc2n1CC(C(=O)N(C)CCn1cccn1)N(C)C2. The molecule has 0 saturated heterocycles. The zero-order valence-electron chi connectivity index (χ0n) is 13.2. The Hall–Kier alpha value is -2.22. The Balaban J connectivity index is 1.65. The number of hydrogen-bond donors (Lipinski definition) is 0. The molecule has 1 aliphatic heterocycles. The van der Waals surface area contributed by atoms with Crippen molar-refractivity contribution in [2.75, 3.05) is 20.6 Å². The summed E-state index contributed by atoms with van der Waals surface area (Å²) in [6, 6.07) is 1.71. The molecule has 0 aliphatic carbocycles. The summed E-state index contributed by atoms with van der Waals surface area (Å²) in [5, 5.41) is 12.4. The Morgan fingerprint density at radius 1 is 1.45 bits per heavy atom. The number of amides is 1. The zero-order valence-corrected chi connectivity index (χ0v) is 13.2. The van der Waals surface area contributed by atoms with Crippen LogP contribution < -0.4 is 0 Å². The highest BCUT2D eigenvalue weighted by Crippen LogP contribution is 2.17. The minimum atomic E-state index is -0.176. The van der Waals surface area contributed by atoms with Gasteiger partial charge >= 0.3 is 0 Å². The maximum atomic E-state index is 12.7. The van der Waals surface area contributed by atoms with Crippen LogP contribution in [0.2, 0.25) is 0 Å². The van der Waals surface area contributed by atoms with Gasteiger partial charge in [-0.2, -0.15) is 5.10 Å². The molecule has 0 bridgehead atoms. The van der Waals surface area contributed by atoms with Crippen LogP contribution in [-0.2, 0) is 24.4 Å². The molecule has 1 unspecified atom stereocenters. The normalized spacial score (nSPS) is 18.2. The van der Waals surface area contributed by atoms with Crippen LogP contribution in [0.1, 0.15) is 11.6 Å². The quantitative estimate of drug-likeness (QED) is 0.779. The molecule has 22 heavy (non-hydrogen) atoms.